The van der Waals surface area contributed by atoms with Gasteiger partial charge in [0.25, 0.3) is 0 Å². The van der Waals surface area contributed by atoms with Crippen LogP contribution in [0.25, 0.3) is 11.1 Å². The van der Waals surface area contributed by atoms with Gasteiger partial charge < -0.3 is 4.42 Å². The topological polar surface area (TPSA) is 46.0 Å². The maximum atomic E-state index is 10.9. The van der Waals surface area contributed by atoms with Gasteiger partial charge in [0.15, 0.2) is 5.58 Å². The quantitative estimate of drug-likeness (QED) is 0.810. The molecule has 0 aliphatic rings. The second-order valence-corrected chi connectivity index (χ2v) is 3.45. The first-order valence-corrected chi connectivity index (χ1v) is 4.91. The number of aromatic amines is 1. The number of aromatic nitrogens is 1. The first-order chi connectivity index (χ1) is 6.79. The molecule has 0 fully saturated rings. The average molecular weight is 191 g/mol. The third-order valence-corrected chi connectivity index (χ3v) is 2.30. The van der Waals surface area contributed by atoms with Crippen LogP contribution in [0.4, 0.5) is 0 Å². The zero-order chi connectivity index (χ0) is 9.97. The number of aryl methyl sites for hydroxylation is 1. The molecule has 3 nitrogen and oxygen atoms in total. The van der Waals surface area contributed by atoms with Gasteiger partial charge in [-0.05, 0) is 30.5 Å². The van der Waals surface area contributed by atoms with Crippen LogP contribution in [0, 0.1) is 0 Å². The standard InChI is InChI=1S/C11H13NO2/c1-2-3-4-8-5-6-10-9(7-8)12-11(13)14-10/h5-7H,2-4H2,1H3,(H,12,13). The predicted octanol–water partition coefficient (Wildman–Crippen LogP) is 2.46. The molecule has 2 aromatic rings. The van der Waals surface area contributed by atoms with Gasteiger partial charge in [-0.1, -0.05) is 19.4 Å². The smallest absolute Gasteiger partial charge is 0.408 e. The lowest BCUT2D eigenvalue weighted by atomic mass is 10.1. The fourth-order valence-corrected chi connectivity index (χ4v) is 1.54. The summed E-state index contributed by atoms with van der Waals surface area (Å²) < 4.78 is 4.92. The van der Waals surface area contributed by atoms with Crippen molar-refractivity contribution in [2.75, 3.05) is 0 Å². The molecule has 14 heavy (non-hydrogen) atoms. The van der Waals surface area contributed by atoms with Gasteiger partial charge in [-0.15, -0.1) is 0 Å². The molecule has 74 valence electrons. The van der Waals surface area contributed by atoms with E-state index >= 15 is 0 Å². The van der Waals surface area contributed by atoms with Crippen molar-refractivity contribution in [1.29, 1.82) is 0 Å². The van der Waals surface area contributed by atoms with Crippen LogP contribution in [-0.4, -0.2) is 4.98 Å². The summed E-state index contributed by atoms with van der Waals surface area (Å²) in [4.78, 5) is 13.5. The average Bonchev–Trinajstić information content (AvgIpc) is 2.54. The van der Waals surface area contributed by atoms with E-state index in [0.717, 1.165) is 11.9 Å². The molecule has 2 rings (SSSR count). The summed E-state index contributed by atoms with van der Waals surface area (Å²) in [5.41, 5.74) is 2.68. The van der Waals surface area contributed by atoms with Crippen molar-refractivity contribution >= 4 is 11.1 Å². The van der Waals surface area contributed by atoms with Crippen molar-refractivity contribution in [3.05, 3.63) is 34.3 Å². The van der Waals surface area contributed by atoms with E-state index in [2.05, 4.69) is 11.9 Å². The van der Waals surface area contributed by atoms with E-state index in [-0.39, 0.29) is 5.76 Å². The zero-order valence-corrected chi connectivity index (χ0v) is 8.17. The third-order valence-electron chi connectivity index (χ3n) is 2.30. The van der Waals surface area contributed by atoms with Crippen molar-refractivity contribution in [3.63, 3.8) is 0 Å². The van der Waals surface area contributed by atoms with Crippen LogP contribution in [-0.2, 0) is 6.42 Å². The fraction of sp³-hybridized carbons (Fsp3) is 0.364. The van der Waals surface area contributed by atoms with Gasteiger partial charge in [0.1, 0.15) is 0 Å². The highest BCUT2D eigenvalue weighted by atomic mass is 16.4. The molecule has 0 radical (unpaired) electrons. The number of oxazole rings is 1. The molecule has 1 heterocycles. The Hall–Kier alpha value is -1.51. The van der Waals surface area contributed by atoms with Crippen molar-refractivity contribution in [1.82, 2.24) is 4.98 Å². The Morgan fingerprint density at radius 1 is 1.43 bits per heavy atom. The Balaban J connectivity index is 2.35. The van der Waals surface area contributed by atoms with Crippen LogP contribution in [0.5, 0.6) is 0 Å². The number of nitrogens with one attached hydrogen (secondary N) is 1. The molecule has 0 saturated carbocycles. The number of benzene rings is 1. The van der Waals surface area contributed by atoms with Crippen molar-refractivity contribution in [2.24, 2.45) is 0 Å². The highest BCUT2D eigenvalue weighted by Gasteiger charge is 2.01. The van der Waals surface area contributed by atoms with E-state index in [1.807, 2.05) is 18.2 Å². The number of hydrogen-bond acceptors (Lipinski definition) is 2. The molecule has 1 aromatic carbocycles. The molecule has 0 amide bonds. The van der Waals surface area contributed by atoms with Gasteiger partial charge in [0.2, 0.25) is 0 Å². The summed E-state index contributed by atoms with van der Waals surface area (Å²) in [6, 6.07) is 5.84. The highest BCUT2D eigenvalue weighted by Crippen LogP contribution is 2.13. The van der Waals surface area contributed by atoms with Gasteiger partial charge >= 0.3 is 5.76 Å². The van der Waals surface area contributed by atoms with E-state index in [9.17, 15) is 4.79 Å². The van der Waals surface area contributed by atoms with E-state index in [4.69, 9.17) is 4.42 Å². The Labute approximate surface area is 81.7 Å². The second kappa shape index (κ2) is 3.70. The van der Waals surface area contributed by atoms with E-state index in [0.29, 0.717) is 5.58 Å². The molecule has 1 N–H and O–H groups in total. The molecule has 3 heteroatoms. The molecule has 0 atom stereocenters. The van der Waals surface area contributed by atoms with Crippen LogP contribution >= 0.6 is 0 Å². The lowest BCUT2D eigenvalue weighted by Crippen LogP contribution is -1.93. The molecule has 0 bridgehead atoms. The van der Waals surface area contributed by atoms with Crippen LogP contribution in [0.1, 0.15) is 25.3 Å². The lowest BCUT2D eigenvalue weighted by Gasteiger charge is -1.98. The molecule has 0 saturated heterocycles. The van der Waals surface area contributed by atoms with Crippen molar-refractivity contribution in [2.45, 2.75) is 26.2 Å². The molecule has 1 aromatic heterocycles. The number of unbranched alkanes of at least 4 members (excludes halogenated alkanes) is 1. The SMILES string of the molecule is CCCCc1ccc2oc(=O)[nH]c2c1. The van der Waals surface area contributed by atoms with Crippen LogP contribution in [0.2, 0.25) is 0 Å². The Bertz CT molecular complexity index is 481. The van der Waals surface area contributed by atoms with Gasteiger partial charge in [-0.3, -0.25) is 4.98 Å². The predicted molar refractivity (Wildman–Crippen MR) is 55.4 cm³/mol. The monoisotopic (exact) mass is 191 g/mol. The minimum absolute atomic E-state index is 0.382. The molecular weight excluding hydrogens is 178 g/mol. The molecular formula is C11H13NO2. The summed E-state index contributed by atoms with van der Waals surface area (Å²) in [6.07, 6.45) is 3.41. The van der Waals surface area contributed by atoms with Crippen molar-refractivity contribution in [3.8, 4) is 0 Å². The molecule has 0 spiro atoms. The minimum atomic E-state index is -0.382. The molecule has 0 aliphatic heterocycles. The summed E-state index contributed by atoms with van der Waals surface area (Å²) in [7, 11) is 0. The van der Waals surface area contributed by atoms with E-state index in [1.54, 1.807) is 0 Å². The third kappa shape index (κ3) is 1.71. The fourth-order valence-electron chi connectivity index (χ4n) is 1.54. The van der Waals surface area contributed by atoms with Gasteiger partial charge in [0.05, 0.1) is 5.52 Å². The summed E-state index contributed by atoms with van der Waals surface area (Å²) in [6.45, 7) is 2.16. The summed E-state index contributed by atoms with van der Waals surface area (Å²) in [5, 5.41) is 0. The number of rotatable bonds is 3. The van der Waals surface area contributed by atoms with Gasteiger partial charge in [-0.2, -0.15) is 0 Å². The maximum Gasteiger partial charge on any atom is 0.417 e. The number of H-pyrrole nitrogens is 1. The Morgan fingerprint density at radius 2 is 2.29 bits per heavy atom. The Morgan fingerprint density at radius 3 is 3.07 bits per heavy atom. The first-order valence-electron chi connectivity index (χ1n) is 4.91. The largest absolute Gasteiger partial charge is 0.417 e. The minimum Gasteiger partial charge on any atom is -0.408 e. The zero-order valence-electron chi connectivity index (χ0n) is 8.17. The van der Waals surface area contributed by atoms with Crippen LogP contribution in [0.3, 0.4) is 0 Å². The van der Waals surface area contributed by atoms with E-state index < -0.39 is 0 Å². The lowest BCUT2D eigenvalue weighted by molar-refractivity contribution is 0.555. The van der Waals surface area contributed by atoms with Crippen LogP contribution in [0.15, 0.2) is 27.4 Å². The number of hydrogen-bond donors (Lipinski definition) is 1. The van der Waals surface area contributed by atoms with Gasteiger partial charge in [0, 0.05) is 0 Å². The normalized spacial score (nSPS) is 10.9. The second-order valence-electron chi connectivity index (χ2n) is 3.45. The molecule has 0 aliphatic carbocycles. The first kappa shape index (κ1) is 9.06. The van der Waals surface area contributed by atoms with E-state index in [1.165, 1.54) is 18.4 Å². The van der Waals surface area contributed by atoms with Gasteiger partial charge in [-0.25, -0.2) is 4.79 Å². The Kier molecular flexibility index (Phi) is 2.39. The summed E-state index contributed by atoms with van der Waals surface area (Å²) in [5.74, 6) is -0.382. The number of fused-ring (bicyclic) bond motifs is 1. The molecule has 0 unspecified atom stereocenters. The maximum absolute atomic E-state index is 10.9. The van der Waals surface area contributed by atoms with Crippen LogP contribution < -0.4 is 5.76 Å². The van der Waals surface area contributed by atoms with Crippen molar-refractivity contribution < 1.29 is 4.42 Å². The summed E-state index contributed by atoms with van der Waals surface area (Å²) >= 11 is 0. The highest BCUT2D eigenvalue weighted by molar-refractivity contribution is 5.72.